The molecule has 0 aliphatic heterocycles. The molecule has 0 radical (unpaired) electrons. The first-order valence-electron chi connectivity index (χ1n) is 6.02. The predicted molar refractivity (Wildman–Crippen MR) is 78.8 cm³/mol. The Labute approximate surface area is 126 Å². The van der Waals surface area contributed by atoms with Gasteiger partial charge >= 0.3 is 5.97 Å². The average Bonchev–Trinajstić information content (AvgIpc) is 2.38. The van der Waals surface area contributed by atoms with Crippen molar-refractivity contribution in [1.82, 2.24) is 9.97 Å². The Hall–Kier alpha value is -1.93. The van der Waals surface area contributed by atoms with E-state index in [2.05, 4.69) is 14.7 Å². The van der Waals surface area contributed by atoms with Gasteiger partial charge in [-0.25, -0.2) is 18.4 Å². The fourth-order valence-corrected chi connectivity index (χ4v) is 2.96. The molecule has 0 unspecified atom stereocenters. The van der Waals surface area contributed by atoms with Crippen LogP contribution in [0.15, 0.2) is 24.3 Å². The zero-order valence-electron chi connectivity index (χ0n) is 10.8. The Morgan fingerprint density at radius 1 is 1.24 bits per heavy atom. The van der Waals surface area contributed by atoms with Crippen LogP contribution in [0.3, 0.4) is 0 Å². The van der Waals surface area contributed by atoms with E-state index in [0.717, 1.165) is 0 Å². The number of nitrogens with one attached hydrogen (secondary N) is 1. The molecule has 2 aromatic rings. The summed E-state index contributed by atoms with van der Waals surface area (Å²) in [5.41, 5.74) is 1.06. The predicted octanol–water partition coefficient (Wildman–Crippen LogP) is 1.89. The van der Waals surface area contributed by atoms with Crippen LogP contribution in [0, 0.1) is 0 Å². The molecule has 2 rings (SSSR count). The molecule has 9 heteroatoms. The van der Waals surface area contributed by atoms with Gasteiger partial charge in [0.1, 0.15) is 0 Å². The van der Waals surface area contributed by atoms with E-state index in [1.807, 2.05) is 0 Å². The summed E-state index contributed by atoms with van der Waals surface area (Å²) in [6.45, 7) is 0. The summed E-state index contributed by atoms with van der Waals surface area (Å²) in [4.78, 5) is 18.5. The minimum Gasteiger partial charge on any atom is -0.481 e. The van der Waals surface area contributed by atoms with Crippen molar-refractivity contribution in [2.24, 2.45) is 0 Å². The van der Waals surface area contributed by atoms with E-state index in [9.17, 15) is 13.2 Å². The van der Waals surface area contributed by atoms with Gasteiger partial charge in [-0.05, 0) is 18.6 Å². The Balaban J connectivity index is 2.18. The normalized spacial score (nSPS) is 11.5. The lowest BCUT2D eigenvalue weighted by molar-refractivity contribution is -0.137. The average molecular weight is 330 g/mol. The highest BCUT2D eigenvalue weighted by molar-refractivity contribution is 7.92. The van der Waals surface area contributed by atoms with Crippen molar-refractivity contribution in [3.8, 4) is 0 Å². The Kier molecular flexibility index (Phi) is 4.59. The maximum Gasteiger partial charge on any atom is 0.303 e. The number of carbonyl (C=O) groups is 1. The van der Waals surface area contributed by atoms with Crippen molar-refractivity contribution >= 4 is 44.4 Å². The van der Waals surface area contributed by atoms with Crippen LogP contribution >= 0.6 is 11.6 Å². The molecule has 0 spiro atoms. The summed E-state index contributed by atoms with van der Waals surface area (Å²) in [6.07, 6.45) is -0.221. The van der Waals surface area contributed by atoms with Gasteiger partial charge in [-0.3, -0.25) is 9.52 Å². The Morgan fingerprint density at radius 2 is 1.86 bits per heavy atom. The van der Waals surface area contributed by atoms with Gasteiger partial charge in [-0.15, -0.1) is 0 Å². The number of hydrogen-bond donors (Lipinski definition) is 2. The van der Waals surface area contributed by atoms with Gasteiger partial charge in [0.05, 0.1) is 16.8 Å². The van der Waals surface area contributed by atoms with E-state index in [4.69, 9.17) is 16.7 Å². The fraction of sp³-hybridized carbons (Fsp3) is 0.250. The SMILES string of the molecule is O=C(O)CCCS(=O)(=O)Nc1nc2ccccc2nc1Cl. The minimum atomic E-state index is -3.72. The van der Waals surface area contributed by atoms with Crippen LogP contribution in [-0.2, 0) is 14.8 Å². The van der Waals surface area contributed by atoms with Crippen molar-refractivity contribution in [3.05, 3.63) is 29.4 Å². The summed E-state index contributed by atoms with van der Waals surface area (Å²) >= 11 is 5.90. The molecule has 0 aliphatic rings. The number of halogens is 1. The van der Waals surface area contributed by atoms with Crippen molar-refractivity contribution in [2.45, 2.75) is 12.8 Å². The zero-order chi connectivity index (χ0) is 15.5. The number of anilines is 1. The summed E-state index contributed by atoms with van der Waals surface area (Å²) in [5, 5.41) is 8.44. The fourth-order valence-electron chi connectivity index (χ4n) is 1.66. The number of sulfonamides is 1. The lowest BCUT2D eigenvalue weighted by Crippen LogP contribution is -2.18. The molecule has 1 aromatic heterocycles. The summed E-state index contributed by atoms with van der Waals surface area (Å²) in [7, 11) is -3.72. The van der Waals surface area contributed by atoms with Crippen LogP contribution in [0.2, 0.25) is 5.15 Å². The van der Waals surface area contributed by atoms with Crippen molar-refractivity contribution < 1.29 is 18.3 Å². The van der Waals surface area contributed by atoms with Gasteiger partial charge in [0, 0.05) is 6.42 Å². The highest BCUT2D eigenvalue weighted by Crippen LogP contribution is 2.22. The summed E-state index contributed by atoms with van der Waals surface area (Å²) in [5.74, 6) is -1.44. The number of benzene rings is 1. The van der Waals surface area contributed by atoms with E-state index in [-0.39, 0.29) is 29.6 Å². The van der Waals surface area contributed by atoms with Gasteiger partial charge in [0.25, 0.3) is 0 Å². The third kappa shape index (κ3) is 4.27. The van der Waals surface area contributed by atoms with Crippen LogP contribution in [0.4, 0.5) is 5.82 Å². The number of carboxylic acids is 1. The molecule has 0 atom stereocenters. The monoisotopic (exact) mass is 329 g/mol. The van der Waals surface area contributed by atoms with Crippen LogP contribution in [0.5, 0.6) is 0 Å². The Morgan fingerprint density at radius 3 is 2.48 bits per heavy atom. The minimum absolute atomic E-state index is 0.00327. The van der Waals surface area contributed by atoms with E-state index >= 15 is 0 Å². The first kappa shape index (κ1) is 15.5. The van der Waals surface area contributed by atoms with E-state index in [1.165, 1.54) is 0 Å². The Bertz CT molecular complexity index is 779. The topological polar surface area (TPSA) is 109 Å². The molecular weight excluding hydrogens is 318 g/mol. The van der Waals surface area contributed by atoms with Crippen LogP contribution in [0.25, 0.3) is 11.0 Å². The second-order valence-corrected chi connectivity index (χ2v) is 6.47. The largest absolute Gasteiger partial charge is 0.481 e. The van der Waals surface area contributed by atoms with Gasteiger partial charge in [-0.2, -0.15) is 0 Å². The molecule has 2 N–H and O–H groups in total. The second-order valence-electron chi connectivity index (χ2n) is 4.27. The van der Waals surface area contributed by atoms with Gasteiger partial charge in [-0.1, -0.05) is 23.7 Å². The number of aliphatic carboxylic acids is 1. The third-order valence-electron chi connectivity index (χ3n) is 2.58. The van der Waals surface area contributed by atoms with Crippen molar-refractivity contribution in [1.29, 1.82) is 0 Å². The lowest BCUT2D eigenvalue weighted by atomic mass is 10.3. The number of nitrogens with zero attached hydrogens (tertiary/aromatic N) is 2. The molecule has 0 saturated heterocycles. The number of hydrogen-bond acceptors (Lipinski definition) is 5. The first-order chi connectivity index (χ1) is 9.87. The van der Waals surface area contributed by atoms with E-state index in [0.29, 0.717) is 11.0 Å². The van der Waals surface area contributed by atoms with Crippen molar-refractivity contribution in [2.75, 3.05) is 10.5 Å². The lowest BCUT2D eigenvalue weighted by Gasteiger charge is -2.08. The zero-order valence-corrected chi connectivity index (χ0v) is 12.4. The number of carboxylic acid groups (broad SMARTS) is 1. The maximum absolute atomic E-state index is 11.8. The third-order valence-corrected chi connectivity index (χ3v) is 4.18. The standard InChI is InChI=1S/C12H12ClN3O4S/c13-11-12(15-9-5-2-1-4-8(9)14-11)16-21(19,20)7-3-6-10(17)18/h1-2,4-5H,3,6-7H2,(H,15,16)(H,17,18). The molecule has 21 heavy (non-hydrogen) atoms. The molecule has 0 saturated carbocycles. The smallest absolute Gasteiger partial charge is 0.303 e. The number of rotatable bonds is 6. The quantitative estimate of drug-likeness (QED) is 0.837. The molecule has 1 aromatic carbocycles. The molecule has 1 heterocycles. The van der Waals surface area contributed by atoms with Gasteiger partial charge < -0.3 is 5.11 Å². The van der Waals surface area contributed by atoms with Gasteiger partial charge in [0.15, 0.2) is 11.0 Å². The van der Waals surface area contributed by atoms with Crippen LogP contribution < -0.4 is 4.72 Å². The highest BCUT2D eigenvalue weighted by atomic mass is 35.5. The maximum atomic E-state index is 11.8. The molecule has 0 bridgehead atoms. The highest BCUT2D eigenvalue weighted by Gasteiger charge is 2.15. The molecule has 7 nitrogen and oxygen atoms in total. The summed E-state index contributed by atoms with van der Waals surface area (Å²) < 4.78 is 25.9. The van der Waals surface area contributed by atoms with Crippen molar-refractivity contribution in [3.63, 3.8) is 0 Å². The van der Waals surface area contributed by atoms with E-state index in [1.54, 1.807) is 24.3 Å². The first-order valence-corrected chi connectivity index (χ1v) is 8.05. The van der Waals surface area contributed by atoms with Crippen LogP contribution in [-0.4, -0.2) is 35.2 Å². The molecule has 112 valence electrons. The summed E-state index contributed by atoms with van der Waals surface area (Å²) in [6, 6.07) is 6.90. The number of fused-ring (bicyclic) bond motifs is 1. The van der Waals surface area contributed by atoms with Crippen LogP contribution in [0.1, 0.15) is 12.8 Å². The number of aromatic nitrogens is 2. The molecule has 0 aliphatic carbocycles. The molecule has 0 amide bonds. The molecule has 0 fully saturated rings. The second kappa shape index (κ2) is 6.23. The van der Waals surface area contributed by atoms with E-state index < -0.39 is 16.0 Å². The number of para-hydroxylation sites is 2. The molecular formula is C12H12ClN3O4S. The van der Waals surface area contributed by atoms with Gasteiger partial charge in [0.2, 0.25) is 10.0 Å².